The fourth-order valence-electron chi connectivity index (χ4n) is 1.12. The average molecular weight is 334 g/mol. The molecule has 1 rings (SSSR count). The number of nitrogens with zero attached hydrogens (tertiary/aromatic N) is 2. The number of rotatable bonds is 7. The summed E-state index contributed by atoms with van der Waals surface area (Å²) in [6.07, 6.45) is 1.08. The molecule has 0 fully saturated rings. The highest BCUT2D eigenvalue weighted by molar-refractivity contribution is 8.03. The predicted octanol–water partition coefficient (Wildman–Crippen LogP) is 2.37. The van der Waals surface area contributed by atoms with E-state index in [1.54, 1.807) is 25.6 Å². The molecule has 6 nitrogen and oxygen atoms in total. The molecule has 1 aromatic rings. The van der Waals surface area contributed by atoms with E-state index in [2.05, 4.69) is 27.8 Å². The van der Waals surface area contributed by atoms with E-state index in [1.165, 1.54) is 23.1 Å². The third kappa shape index (κ3) is 6.10. The molecule has 1 unspecified atom stereocenters. The van der Waals surface area contributed by atoms with Gasteiger partial charge in [0, 0.05) is 12.3 Å². The van der Waals surface area contributed by atoms with Crippen LogP contribution in [-0.4, -0.2) is 39.7 Å². The molecular formula is C11H18N4O2S3. The molecule has 1 aromatic heterocycles. The molecule has 0 spiro atoms. The van der Waals surface area contributed by atoms with Crippen LogP contribution in [0.25, 0.3) is 0 Å². The maximum atomic E-state index is 11.8. The molecule has 0 aromatic carbocycles. The molecule has 0 aliphatic heterocycles. The number of carbonyl (C=O) groups excluding carboxylic acids is 2. The molecule has 112 valence electrons. The van der Waals surface area contributed by atoms with Crippen molar-refractivity contribution in [3.05, 3.63) is 0 Å². The van der Waals surface area contributed by atoms with Crippen molar-refractivity contribution in [3.8, 4) is 0 Å². The molecule has 0 radical (unpaired) electrons. The van der Waals surface area contributed by atoms with Crippen molar-refractivity contribution in [3.63, 3.8) is 0 Å². The van der Waals surface area contributed by atoms with E-state index in [1.807, 2.05) is 0 Å². The van der Waals surface area contributed by atoms with Crippen molar-refractivity contribution in [1.82, 2.24) is 20.8 Å². The maximum absolute atomic E-state index is 11.8. The second kappa shape index (κ2) is 9.19. The Morgan fingerprint density at radius 2 is 2.00 bits per heavy atom. The summed E-state index contributed by atoms with van der Waals surface area (Å²) in [5, 5.41) is 12.5. The highest BCUT2D eigenvalue weighted by Gasteiger charge is 2.19. The summed E-state index contributed by atoms with van der Waals surface area (Å²) in [5.74, 6) is 0.672. The first-order valence-corrected chi connectivity index (χ1v) is 8.96. The molecule has 1 heterocycles. The standard InChI is InChI=1S/C11H18N4O2S3/c1-4-6-18-10-14-15-11(20-10)19-7(3)8(16)13-9(17)12-5-2/h7H,4-6H2,1-3H3,(H2,12,13,16,17). The van der Waals surface area contributed by atoms with E-state index in [0.717, 1.165) is 20.9 Å². The molecule has 9 heteroatoms. The molecule has 0 aliphatic rings. The lowest BCUT2D eigenvalue weighted by atomic mass is 10.4. The van der Waals surface area contributed by atoms with E-state index in [-0.39, 0.29) is 5.91 Å². The monoisotopic (exact) mass is 334 g/mol. The van der Waals surface area contributed by atoms with Crippen LogP contribution in [0.15, 0.2) is 8.68 Å². The molecule has 3 amide bonds. The van der Waals surface area contributed by atoms with Gasteiger partial charge in [-0.2, -0.15) is 0 Å². The second-order valence-electron chi connectivity index (χ2n) is 3.79. The summed E-state index contributed by atoms with van der Waals surface area (Å²) < 4.78 is 1.65. The van der Waals surface area contributed by atoms with E-state index in [0.29, 0.717) is 6.54 Å². The van der Waals surface area contributed by atoms with Gasteiger partial charge in [-0.25, -0.2) is 4.79 Å². The van der Waals surface area contributed by atoms with Crippen molar-refractivity contribution < 1.29 is 9.59 Å². The van der Waals surface area contributed by atoms with Crippen LogP contribution in [0.2, 0.25) is 0 Å². The third-order valence-electron chi connectivity index (χ3n) is 2.04. The van der Waals surface area contributed by atoms with Gasteiger partial charge in [-0.05, 0) is 20.3 Å². The van der Waals surface area contributed by atoms with Gasteiger partial charge >= 0.3 is 6.03 Å². The zero-order valence-corrected chi connectivity index (χ0v) is 14.1. The number of amides is 3. The summed E-state index contributed by atoms with van der Waals surface area (Å²) in [5.41, 5.74) is 0. The predicted molar refractivity (Wildman–Crippen MR) is 83.5 cm³/mol. The van der Waals surface area contributed by atoms with Crippen LogP contribution < -0.4 is 10.6 Å². The molecule has 1 atom stereocenters. The third-order valence-corrected chi connectivity index (χ3v) is 5.49. The Bertz CT molecular complexity index is 453. The Hall–Kier alpha value is -0.800. The summed E-state index contributed by atoms with van der Waals surface area (Å²) in [4.78, 5) is 23.0. The summed E-state index contributed by atoms with van der Waals surface area (Å²) in [6.45, 7) is 6.12. The normalized spacial score (nSPS) is 11.9. The maximum Gasteiger partial charge on any atom is 0.321 e. The molecule has 0 aliphatic carbocycles. The topological polar surface area (TPSA) is 84.0 Å². The highest BCUT2D eigenvalue weighted by atomic mass is 32.2. The van der Waals surface area contributed by atoms with Gasteiger partial charge in [0.25, 0.3) is 0 Å². The first kappa shape index (κ1) is 17.3. The Labute approximate surface area is 130 Å². The zero-order valence-electron chi connectivity index (χ0n) is 11.6. The fraction of sp³-hybridized carbons (Fsp3) is 0.636. The highest BCUT2D eigenvalue weighted by Crippen LogP contribution is 2.31. The van der Waals surface area contributed by atoms with Gasteiger partial charge < -0.3 is 5.32 Å². The lowest BCUT2D eigenvalue weighted by Gasteiger charge is -2.09. The molecule has 0 saturated carbocycles. The first-order valence-electron chi connectivity index (χ1n) is 6.28. The lowest BCUT2D eigenvalue weighted by molar-refractivity contribution is -0.119. The molecule has 2 N–H and O–H groups in total. The van der Waals surface area contributed by atoms with Crippen LogP contribution in [0.5, 0.6) is 0 Å². The summed E-state index contributed by atoms with van der Waals surface area (Å²) in [6, 6.07) is -0.471. The minimum atomic E-state index is -0.471. The quantitative estimate of drug-likeness (QED) is 0.745. The van der Waals surface area contributed by atoms with Gasteiger partial charge in [0.2, 0.25) is 5.91 Å². The number of hydrogen-bond acceptors (Lipinski definition) is 7. The van der Waals surface area contributed by atoms with E-state index in [9.17, 15) is 9.59 Å². The van der Waals surface area contributed by atoms with Gasteiger partial charge in [-0.1, -0.05) is 41.8 Å². The van der Waals surface area contributed by atoms with E-state index >= 15 is 0 Å². The first-order chi connectivity index (χ1) is 9.56. The fourth-order valence-corrected chi connectivity index (χ4v) is 4.20. The van der Waals surface area contributed by atoms with Crippen LogP contribution >= 0.6 is 34.9 Å². The van der Waals surface area contributed by atoms with Gasteiger partial charge in [-0.3, -0.25) is 10.1 Å². The van der Waals surface area contributed by atoms with Crippen LogP contribution in [0.1, 0.15) is 27.2 Å². The summed E-state index contributed by atoms with van der Waals surface area (Å²) >= 11 is 4.44. The minimum Gasteiger partial charge on any atom is -0.338 e. The smallest absolute Gasteiger partial charge is 0.321 e. The largest absolute Gasteiger partial charge is 0.338 e. The number of imide groups is 1. The molecule has 0 saturated heterocycles. The van der Waals surface area contributed by atoms with E-state index in [4.69, 9.17) is 0 Å². The number of carbonyl (C=O) groups is 2. The number of nitrogens with one attached hydrogen (secondary N) is 2. The van der Waals surface area contributed by atoms with Crippen molar-refractivity contribution in [1.29, 1.82) is 0 Å². The van der Waals surface area contributed by atoms with Crippen LogP contribution in [0.4, 0.5) is 4.79 Å². The Kier molecular flexibility index (Phi) is 7.93. The number of hydrogen-bond donors (Lipinski definition) is 2. The lowest BCUT2D eigenvalue weighted by Crippen LogP contribution is -2.42. The number of thioether (sulfide) groups is 2. The van der Waals surface area contributed by atoms with Crippen molar-refractivity contribution >= 4 is 46.8 Å². The number of aromatic nitrogens is 2. The second-order valence-corrected chi connectivity index (χ2v) is 7.70. The van der Waals surface area contributed by atoms with Crippen LogP contribution in [0, 0.1) is 0 Å². The van der Waals surface area contributed by atoms with Gasteiger partial charge in [-0.15, -0.1) is 10.2 Å². The van der Waals surface area contributed by atoms with Crippen LogP contribution in [-0.2, 0) is 4.79 Å². The summed E-state index contributed by atoms with van der Waals surface area (Å²) in [7, 11) is 0. The van der Waals surface area contributed by atoms with Crippen molar-refractivity contribution in [2.45, 2.75) is 41.1 Å². The molecule has 20 heavy (non-hydrogen) atoms. The van der Waals surface area contributed by atoms with E-state index < -0.39 is 11.3 Å². The Morgan fingerprint density at radius 1 is 1.30 bits per heavy atom. The Morgan fingerprint density at radius 3 is 2.65 bits per heavy atom. The molecule has 0 bridgehead atoms. The average Bonchev–Trinajstić information content (AvgIpc) is 2.84. The minimum absolute atomic E-state index is 0.334. The SMILES string of the molecule is CCCSc1nnc(SC(C)C(=O)NC(=O)NCC)s1. The number of urea groups is 1. The van der Waals surface area contributed by atoms with Gasteiger partial charge in [0.1, 0.15) is 0 Å². The molecular weight excluding hydrogens is 316 g/mol. The van der Waals surface area contributed by atoms with Crippen molar-refractivity contribution in [2.24, 2.45) is 0 Å². The zero-order chi connectivity index (χ0) is 15.0. The van der Waals surface area contributed by atoms with Crippen molar-refractivity contribution in [2.75, 3.05) is 12.3 Å². The Balaban J connectivity index is 2.44. The van der Waals surface area contributed by atoms with Gasteiger partial charge in [0.15, 0.2) is 8.68 Å². The van der Waals surface area contributed by atoms with Gasteiger partial charge in [0.05, 0.1) is 5.25 Å². The van der Waals surface area contributed by atoms with Crippen LogP contribution in [0.3, 0.4) is 0 Å².